The van der Waals surface area contributed by atoms with Crippen molar-refractivity contribution in [3.8, 4) is 10.4 Å². The number of rotatable bonds is 12. The van der Waals surface area contributed by atoms with Gasteiger partial charge in [-0.05, 0) is 105 Å². The van der Waals surface area contributed by atoms with Crippen molar-refractivity contribution in [2.24, 2.45) is 10.7 Å². The van der Waals surface area contributed by atoms with E-state index >= 15 is 0 Å². The number of nitrogens with one attached hydrogen (secondary N) is 1. The summed E-state index contributed by atoms with van der Waals surface area (Å²) in [5.41, 5.74) is 17.9. The van der Waals surface area contributed by atoms with Crippen LogP contribution in [0.4, 0.5) is 21.5 Å². The molecule has 4 rings (SSSR count). The Morgan fingerprint density at radius 2 is 2.02 bits per heavy atom. The molecule has 1 aliphatic carbocycles. The van der Waals surface area contributed by atoms with Gasteiger partial charge in [0.2, 0.25) is 0 Å². The van der Waals surface area contributed by atoms with Gasteiger partial charge in [-0.1, -0.05) is 37.3 Å². The molecule has 40 heavy (non-hydrogen) atoms. The number of hydrogen-bond acceptors (Lipinski definition) is 7. The average Bonchev–Trinajstić information content (AvgIpc) is 3.48. The van der Waals surface area contributed by atoms with Gasteiger partial charge < -0.3 is 21.7 Å². The second-order valence-electron chi connectivity index (χ2n) is 9.90. The van der Waals surface area contributed by atoms with Gasteiger partial charge >= 0.3 is 0 Å². The van der Waals surface area contributed by atoms with Crippen LogP contribution in [-0.4, -0.2) is 50.4 Å². The highest BCUT2D eigenvalue weighted by Crippen LogP contribution is 2.35. The van der Waals surface area contributed by atoms with Crippen LogP contribution in [0.1, 0.15) is 36.8 Å². The topological polar surface area (TPSA) is 79.7 Å². The van der Waals surface area contributed by atoms with Crippen molar-refractivity contribution in [3.63, 3.8) is 0 Å². The Morgan fingerprint density at radius 1 is 1.23 bits per heavy atom. The molecule has 0 saturated carbocycles. The molecule has 214 valence electrons. The largest absolute Gasteiger partial charge is 0.398 e. The van der Waals surface area contributed by atoms with E-state index < -0.39 is 0 Å². The summed E-state index contributed by atoms with van der Waals surface area (Å²) >= 11 is 3.54. The molecule has 0 bridgehead atoms. The predicted molar refractivity (Wildman–Crippen MR) is 177 cm³/mol. The van der Waals surface area contributed by atoms with Gasteiger partial charge in [-0.2, -0.15) is 0 Å². The number of aryl methyl sites for hydroxylation is 1. The van der Waals surface area contributed by atoms with Crippen LogP contribution >= 0.6 is 23.1 Å². The molecule has 1 aliphatic rings. The molecule has 5 N–H and O–H groups in total. The van der Waals surface area contributed by atoms with Crippen LogP contribution in [0.25, 0.3) is 10.4 Å². The third-order valence-corrected chi connectivity index (χ3v) is 8.29. The zero-order chi connectivity index (χ0) is 28.9. The number of nitrogen functional groups attached to an aromatic ring is 1. The Labute approximate surface area is 247 Å². The predicted octanol–water partition coefficient (Wildman–Crippen LogP) is 7.70. The summed E-state index contributed by atoms with van der Waals surface area (Å²) in [4.78, 5) is 7.39. The minimum Gasteiger partial charge on any atom is -0.398 e. The minimum absolute atomic E-state index is 0.215. The molecule has 0 spiro atoms. The van der Waals surface area contributed by atoms with Gasteiger partial charge in [0.1, 0.15) is 5.82 Å². The number of anilines is 2. The number of thiophene rings is 1. The molecule has 5 nitrogen and oxygen atoms in total. The first-order chi connectivity index (χ1) is 19.4. The second kappa shape index (κ2) is 16.4. The molecule has 0 aliphatic heterocycles. The number of nitrogens with two attached hydrogens (primary N) is 2. The monoisotopic (exact) mass is 579 g/mol. The third kappa shape index (κ3) is 9.34. The van der Waals surface area contributed by atoms with Crippen molar-refractivity contribution in [3.05, 3.63) is 88.6 Å². The van der Waals surface area contributed by atoms with Crippen LogP contribution in [0.15, 0.2) is 76.6 Å². The summed E-state index contributed by atoms with van der Waals surface area (Å²) in [6.07, 6.45) is 9.35. The van der Waals surface area contributed by atoms with E-state index in [1.54, 1.807) is 23.1 Å². The minimum atomic E-state index is -0.215. The highest BCUT2D eigenvalue weighted by atomic mass is 32.2. The molecule has 1 aromatic heterocycles. The van der Waals surface area contributed by atoms with Gasteiger partial charge in [0.25, 0.3) is 0 Å². The Bertz CT molecular complexity index is 1280. The van der Waals surface area contributed by atoms with Crippen molar-refractivity contribution in [1.82, 2.24) is 4.90 Å². The zero-order valence-electron chi connectivity index (χ0n) is 23.8. The molecule has 0 fully saturated rings. The van der Waals surface area contributed by atoms with Gasteiger partial charge in [-0.25, -0.2) is 4.39 Å². The van der Waals surface area contributed by atoms with Crippen molar-refractivity contribution in [2.45, 2.75) is 32.1 Å². The Kier molecular flexibility index (Phi) is 12.9. The summed E-state index contributed by atoms with van der Waals surface area (Å²) < 4.78 is 14.5. The van der Waals surface area contributed by atoms with E-state index in [1.165, 1.54) is 27.6 Å². The van der Waals surface area contributed by atoms with E-state index in [0.29, 0.717) is 23.5 Å². The maximum atomic E-state index is 14.5. The number of nitrogens with zero attached hydrogens (tertiary/aromatic N) is 2. The van der Waals surface area contributed by atoms with E-state index in [9.17, 15) is 4.39 Å². The smallest absolute Gasteiger partial charge is 0.128 e. The maximum Gasteiger partial charge on any atom is 0.128 e. The van der Waals surface area contributed by atoms with Crippen molar-refractivity contribution < 1.29 is 4.39 Å². The summed E-state index contributed by atoms with van der Waals surface area (Å²) in [6.45, 7) is 7.19. The lowest BCUT2D eigenvalue weighted by Gasteiger charge is -2.19. The number of halogens is 1. The third-order valence-electron chi connectivity index (χ3n) is 6.49. The fourth-order valence-electron chi connectivity index (χ4n) is 4.45. The summed E-state index contributed by atoms with van der Waals surface area (Å²) in [5.74, 6) is 1.68. The first kappa shape index (κ1) is 31.6. The Morgan fingerprint density at radius 3 is 2.67 bits per heavy atom. The molecule has 8 heteroatoms. The van der Waals surface area contributed by atoms with Gasteiger partial charge in [0.05, 0.1) is 17.3 Å². The van der Waals surface area contributed by atoms with Crippen molar-refractivity contribution >= 4 is 46.9 Å². The molecule has 1 atom stereocenters. The summed E-state index contributed by atoms with van der Waals surface area (Å²) in [7, 11) is 4.06. The first-order valence-corrected chi connectivity index (χ1v) is 15.7. The van der Waals surface area contributed by atoms with Crippen LogP contribution in [0, 0.1) is 5.82 Å². The van der Waals surface area contributed by atoms with Gasteiger partial charge in [0, 0.05) is 28.3 Å². The van der Waals surface area contributed by atoms with E-state index in [1.807, 2.05) is 33.2 Å². The van der Waals surface area contributed by atoms with E-state index in [0.717, 1.165) is 43.1 Å². The highest BCUT2D eigenvalue weighted by molar-refractivity contribution is 7.99. The number of thioether (sulfide) groups is 1. The lowest BCUT2D eigenvalue weighted by Crippen LogP contribution is -2.13. The number of benzene rings is 2. The molecule has 3 aromatic rings. The molecule has 0 radical (unpaired) electrons. The SMILES string of the molecule is C=Nc1cc(F)c(CCCN(C)C)cc1NCSCC1=CCC(c2cc(-c3cccs3)ccc2N)C=C1.CCN. The molecule has 1 heterocycles. The fraction of sp³-hybridized carbons (Fsp3) is 0.344. The quantitative estimate of drug-likeness (QED) is 0.0887. The number of hydrogen-bond donors (Lipinski definition) is 3. The molecular formula is C32H42FN5S2. The molecule has 1 unspecified atom stereocenters. The maximum absolute atomic E-state index is 14.5. The van der Waals surface area contributed by atoms with Crippen LogP contribution in [0.5, 0.6) is 0 Å². The summed E-state index contributed by atoms with van der Waals surface area (Å²) in [5, 5.41) is 5.52. The van der Waals surface area contributed by atoms with Gasteiger partial charge in [0.15, 0.2) is 0 Å². The molecular weight excluding hydrogens is 538 g/mol. The number of aliphatic imine (C=N–C) groups is 1. The van der Waals surface area contributed by atoms with Crippen molar-refractivity contribution in [2.75, 3.05) is 49.9 Å². The van der Waals surface area contributed by atoms with Gasteiger partial charge in [-0.15, -0.1) is 23.1 Å². The molecule has 2 aromatic carbocycles. The highest BCUT2D eigenvalue weighted by Gasteiger charge is 2.16. The molecule has 0 amide bonds. The van der Waals surface area contributed by atoms with Crippen LogP contribution in [0.2, 0.25) is 0 Å². The number of allylic oxidation sites excluding steroid dienone is 3. The lowest BCUT2D eigenvalue weighted by molar-refractivity contribution is 0.399. The van der Waals surface area contributed by atoms with Crippen LogP contribution in [-0.2, 0) is 6.42 Å². The van der Waals surface area contributed by atoms with E-state index in [4.69, 9.17) is 11.5 Å². The van der Waals surface area contributed by atoms with Crippen LogP contribution in [0.3, 0.4) is 0 Å². The summed E-state index contributed by atoms with van der Waals surface area (Å²) in [6, 6.07) is 13.9. The Balaban J connectivity index is 0.00000141. The first-order valence-electron chi connectivity index (χ1n) is 13.6. The van der Waals surface area contributed by atoms with E-state index in [2.05, 4.69) is 69.8 Å². The molecule has 0 saturated heterocycles. The van der Waals surface area contributed by atoms with Crippen molar-refractivity contribution in [1.29, 1.82) is 0 Å². The zero-order valence-corrected chi connectivity index (χ0v) is 25.5. The lowest BCUT2D eigenvalue weighted by atomic mass is 9.88. The van der Waals surface area contributed by atoms with Gasteiger partial charge in [-0.3, -0.25) is 4.99 Å². The fourth-order valence-corrected chi connectivity index (χ4v) is 5.98. The standard InChI is InChI=1S/C30H35FN4S2.C2H7N/c1-33-28-18-26(31)23(6-4-14-35(2)3)17-29(28)34-20-36-19-21-8-10-22(11-9-21)25-16-24(12-13-27(25)32)30-7-5-15-37-30;1-2-3/h5,7-10,12-13,15-18,22,34H,1,4,6,11,14,19-20,32H2,2-3H3;2-3H2,1H3. The van der Waals surface area contributed by atoms with Crippen LogP contribution < -0.4 is 16.8 Å². The van der Waals surface area contributed by atoms with E-state index in [-0.39, 0.29) is 11.7 Å². The Hall–Kier alpha value is -2.91. The average molecular weight is 580 g/mol. The normalized spacial score (nSPS) is 14.4. The second-order valence-corrected chi connectivity index (χ2v) is 11.8.